The van der Waals surface area contributed by atoms with Gasteiger partial charge in [0, 0.05) is 30.6 Å². The molecule has 1 amide bonds. The lowest BCUT2D eigenvalue weighted by atomic mass is 10.1. The molecule has 1 saturated carbocycles. The number of esters is 1. The van der Waals surface area contributed by atoms with Crippen molar-refractivity contribution in [2.75, 3.05) is 18.5 Å². The first-order chi connectivity index (χ1) is 12.6. The molecule has 1 N–H and O–H groups in total. The summed E-state index contributed by atoms with van der Waals surface area (Å²) >= 11 is 0. The van der Waals surface area contributed by atoms with Crippen LogP contribution in [0.2, 0.25) is 0 Å². The Bertz CT molecular complexity index is 882. The van der Waals surface area contributed by atoms with Gasteiger partial charge in [-0.15, -0.1) is 0 Å². The molecule has 1 unspecified atom stereocenters. The number of pyridine rings is 1. The number of halogens is 1. The van der Waals surface area contributed by atoms with Crippen molar-refractivity contribution in [3.05, 3.63) is 35.8 Å². The molecule has 1 aromatic heterocycles. The highest BCUT2D eigenvalue weighted by Crippen LogP contribution is 2.33. The highest BCUT2D eigenvalue weighted by Gasteiger charge is 2.39. The third-order valence-electron chi connectivity index (χ3n) is 4.82. The van der Waals surface area contributed by atoms with E-state index in [1.165, 1.54) is 18.3 Å². The van der Waals surface area contributed by atoms with Crippen LogP contribution in [-0.2, 0) is 9.53 Å². The number of rotatable bonds is 5. The maximum atomic E-state index is 13.8. The zero-order valence-corrected chi connectivity index (χ0v) is 14.5. The largest absolute Gasteiger partial charge is 0.462 e. The maximum absolute atomic E-state index is 13.8. The van der Waals surface area contributed by atoms with Crippen LogP contribution in [0.4, 0.5) is 10.1 Å². The van der Waals surface area contributed by atoms with Crippen LogP contribution in [0.25, 0.3) is 10.9 Å². The number of hydrogen-bond donors (Lipinski definition) is 1. The van der Waals surface area contributed by atoms with Crippen LogP contribution < -0.4 is 5.32 Å². The topological polar surface area (TPSA) is 71.5 Å². The summed E-state index contributed by atoms with van der Waals surface area (Å²) in [7, 11) is 0. The third kappa shape index (κ3) is 3.09. The molecule has 2 aliphatic rings. The molecule has 0 bridgehead atoms. The van der Waals surface area contributed by atoms with E-state index in [9.17, 15) is 14.0 Å². The fourth-order valence-corrected chi connectivity index (χ4v) is 3.46. The molecule has 1 aliphatic heterocycles. The predicted molar refractivity (Wildman–Crippen MR) is 94.4 cm³/mol. The number of carbonyl (C=O) groups excluding carboxylic acids is 2. The Hall–Kier alpha value is -2.70. The van der Waals surface area contributed by atoms with Gasteiger partial charge in [-0.2, -0.15) is 0 Å². The van der Waals surface area contributed by atoms with E-state index >= 15 is 0 Å². The third-order valence-corrected chi connectivity index (χ3v) is 4.82. The Morgan fingerprint density at radius 1 is 1.42 bits per heavy atom. The van der Waals surface area contributed by atoms with Gasteiger partial charge in [0.2, 0.25) is 5.91 Å². The van der Waals surface area contributed by atoms with Gasteiger partial charge in [-0.3, -0.25) is 9.78 Å². The van der Waals surface area contributed by atoms with Crippen LogP contribution in [0, 0.1) is 5.82 Å². The minimum Gasteiger partial charge on any atom is -0.462 e. The average molecular weight is 357 g/mol. The number of nitrogens with one attached hydrogen (secondary N) is 1. The number of hydrogen-bond acceptors (Lipinski definition) is 5. The molecule has 4 rings (SSSR count). The molecule has 0 spiro atoms. The zero-order valence-electron chi connectivity index (χ0n) is 14.5. The Morgan fingerprint density at radius 3 is 2.96 bits per heavy atom. The van der Waals surface area contributed by atoms with Crippen molar-refractivity contribution < 1.29 is 18.7 Å². The van der Waals surface area contributed by atoms with Gasteiger partial charge < -0.3 is 15.0 Å². The Kier molecular flexibility index (Phi) is 4.22. The lowest BCUT2D eigenvalue weighted by molar-refractivity contribution is -0.128. The van der Waals surface area contributed by atoms with Crippen molar-refractivity contribution in [3.63, 3.8) is 0 Å². The molecule has 7 heteroatoms. The summed E-state index contributed by atoms with van der Waals surface area (Å²) in [6.07, 6.45) is 3.90. The Labute approximate surface area is 150 Å². The van der Waals surface area contributed by atoms with Crippen molar-refractivity contribution in [2.24, 2.45) is 0 Å². The molecular formula is C19H20FN3O3. The number of ether oxygens (including phenoxy) is 1. The lowest BCUT2D eigenvalue weighted by Gasteiger charge is -2.19. The number of carbonyl (C=O) groups is 2. The predicted octanol–water partition coefficient (Wildman–Crippen LogP) is 2.73. The summed E-state index contributed by atoms with van der Waals surface area (Å²) in [5, 5.41) is 3.80. The quantitative estimate of drug-likeness (QED) is 0.833. The number of likely N-dealkylation sites (tertiary alicyclic amines) is 1. The number of amides is 1. The van der Waals surface area contributed by atoms with Gasteiger partial charge in [0.15, 0.2) is 0 Å². The highest BCUT2D eigenvalue weighted by atomic mass is 19.1. The SMILES string of the molecule is CCOC(=O)c1cnc2ccc(F)cc2c1NC1CC(=O)N(C2CC2)C1. The smallest absolute Gasteiger partial charge is 0.341 e. The molecule has 2 aromatic rings. The summed E-state index contributed by atoms with van der Waals surface area (Å²) in [6, 6.07) is 4.47. The second-order valence-corrected chi connectivity index (χ2v) is 6.75. The van der Waals surface area contributed by atoms with E-state index in [1.807, 2.05) is 4.90 Å². The normalized spacial score (nSPS) is 19.8. The highest BCUT2D eigenvalue weighted by molar-refractivity contribution is 6.05. The number of fused-ring (bicyclic) bond motifs is 1. The summed E-state index contributed by atoms with van der Waals surface area (Å²) < 4.78 is 18.9. The van der Waals surface area contributed by atoms with E-state index in [-0.39, 0.29) is 24.1 Å². The van der Waals surface area contributed by atoms with E-state index in [1.54, 1.807) is 13.0 Å². The standard InChI is InChI=1S/C19H20FN3O3/c1-2-26-19(25)15-9-21-16-6-3-11(20)7-14(16)18(15)22-12-8-17(24)23(10-12)13-4-5-13/h3,6-7,9,12-13H,2,4-5,8,10H2,1H3,(H,21,22). The van der Waals surface area contributed by atoms with Crippen LogP contribution in [-0.4, -0.2) is 47.0 Å². The maximum Gasteiger partial charge on any atom is 0.341 e. The Morgan fingerprint density at radius 2 is 2.23 bits per heavy atom. The van der Waals surface area contributed by atoms with Crippen molar-refractivity contribution in [3.8, 4) is 0 Å². The minimum absolute atomic E-state index is 0.118. The average Bonchev–Trinajstić information content (AvgIpc) is 3.39. The molecule has 1 atom stereocenters. The number of nitrogens with zero attached hydrogens (tertiary/aromatic N) is 2. The fourth-order valence-electron chi connectivity index (χ4n) is 3.46. The van der Waals surface area contributed by atoms with Crippen LogP contribution in [0.1, 0.15) is 36.5 Å². The van der Waals surface area contributed by atoms with Crippen LogP contribution >= 0.6 is 0 Å². The van der Waals surface area contributed by atoms with Gasteiger partial charge in [-0.25, -0.2) is 9.18 Å². The van der Waals surface area contributed by atoms with E-state index < -0.39 is 11.8 Å². The first-order valence-electron chi connectivity index (χ1n) is 8.88. The van der Waals surface area contributed by atoms with Crippen LogP contribution in [0.3, 0.4) is 0 Å². The molecule has 26 heavy (non-hydrogen) atoms. The molecule has 0 radical (unpaired) electrons. The minimum atomic E-state index is -0.517. The second kappa shape index (κ2) is 6.55. The summed E-state index contributed by atoms with van der Waals surface area (Å²) in [5.41, 5.74) is 1.30. The molecule has 1 aromatic carbocycles. The van der Waals surface area contributed by atoms with Gasteiger partial charge in [-0.1, -0.05) is 0 Å². The van der Waals surface area contributed by atoms with E-state index in [4.69, 9.17) is 4.74 Å². The van der Waals surface area contributed by atoms with Gasteiger partial charge in [-0.05, 0) is 38.0 Å². The van der Waals surface area contributed by atoms with Crippen molar-refractivity contribution >= 4 is 28.5 Å². The molecule has 136 valence electrons. The molecule has 6 nitrogen and oxygen atoms in total. The van der Waals surface area contributed by atoms with E-state index in [0.29, 0.717) is 35.6 Å². The molecule has 1 saturated heterocycles. The van der Waals surface area contributed by atoms with Gasteiger partial charge in [0.1, 0.15) is 11.4 Å². The molecule has 2 fully saturated rings. The lowest BCUT2D eigenvalue weighted by Crippen LogP contribution is -2.30. The van der Waals surface area contributed by atoms with E-state index in [0.717, 1.165) is 12.8 Å². The zero-order chi connectivity index (χ0) is 18.3. The summed E-state index contributed by atoms with van der Waals surface area (Å²) in [5.74, 6) is -0.810. The van der Waals surface area contributed by atoms with Gasteiger partial charge in [0.05, 0.1) is 23.9 Å². The van der Waals surface area contributed by atoms with Crippen molar-refractivity contribution in [2.45, 2.75) is 38.3 Å². The molecule has 1 aliphatic carbocycles. The second-order valence-electron chi connectivity index (χ2n) is 6.75. The van der Waals surface area contributed by atoms with Gasteiger partial charge >= 0.3 is 5.97 Å². The fraction of sp³-hybridized carbons (Fsp3) is 0.421. The monoisotopic (exact) mass is 357 g/mol. The van der Waals surface area contributed by atoms with Crippen LogP contribution in [0.5, 0.6) is 0 Å². The molecule has 2 heterocycles. The number of aromatic nitrogens is 1. The first-order valence-corrected chi connectivity index (χ1v) is 8.88. The van der Waals surface area contributed by atoms with Crippen molar-refractivity contribution in [1.82, 2.24) is 9.88 Å². The number of benzene rings is 1. The number of anilines is 1. The Balaban J connectivity index is 1.71. The van der Waals surface area contributed by atoms with Gasteiger partial charge in [0.25, 0.3) is 0 Å². The summed E-state index contributed by atoms with van der Waals surface area (Å²) in [6.45, 7) is 2.55. The van der Waals surface area contributed by atoms with Crippen molar-refractivity contribution in [1.29, 1.82) is 0 Å². The summed E-state index contributed by atoms with van der Waals surface area (Å²) in [4.78, 5) is 30.7. The van der Waals surface area contributed by atoms with E-state index in [2.05, 4.69) is 10.3 Å². The van der Waals surface area contributed by atoms with Crippen LogP contribution in [0.15, 0.2) is 24.4 Å². The first kappa shape index (κ1) is 16.8. The molecular weight excluding hydrogens is 337 g/mol.